The van der Waals surface area contributed by atoms with Crippen LogP contribution in [-0.2, 0) is 4.74 Å². The topological polar surface area (TPSA) is 26.3 Å². The minimum atomic E-state index is -1.66. The maximum absolute atomic E-state index is 13.2. The van der Waals surface area contributed by atoms with Crippen molar-refractivity contribution in [1.29, 1.82) is 0 Å². The summed E-state index contributed by atoms with van der Waals surface area (Å²) in [6, 6.07) is 1.56. The average molecular weight is 246 g/mol. The zero-order valence-electron chi connectivity index (χ0n) is 9.60. The molecule has 1 aromatic rings. The molecule has 1 unspecified atom stereocenters. The first-order valence-corrected chi connectivity index (χ1v) is 5.28. The van der Waals surface area contributed by atoms with Gasteiger partial charge in [-0.3, -0.25) is 0 Å². The Hall–Kier alpha value is -1.52. The Balaban J connectivity index is 2.80. The first kappa shape index (κ1) is 13.5. The first-order valence-electron chi connectivity index (χ1n) is 5.28. The Morgan fingerprint density at radius 2 is 1.94 bits per heavy atom. The summed E-state index contributed by atoms with van der Waals surface area (Å²) in [4.78, 5) is 11.4. The molecule has 5 heteroatoms. The summed E-state index contributed by atoms with van der Waals surface area (Å²) in [7, 11) is 0. The van der Waals surface area contributed by atoms with Crippen molar-refractivity contribution >= 4 is 5.97 Å². The molecule has 0 spiro atoms. The summed E-state index contributed by atoms with van der Waals surface area (Å²) >= 11 is 0. The normalized spacial score (nSPS) is 12.3. The van der Waals surface area contributed by atoms with E-state index in [1.165, 1.54) is 0 Å². The molecule has 0 saturated heterocycles. The summed E-state index contributed by atoms with van der Waals surface area (Å²) in [6.07, 6.45) is 0.799. The molecule has 94 valence electrons. The molecular weight excluding hydrogens is 233 g/mol. The first-order chi connectivity index (χ1) is 7.97. The van der Waals surface area contributed by atoms with Crippen LogP contribution in [0.5, 0.6) is 0 Å². The smallest absolute Gasteiger partial charge is 0.341 e. The number of ether oxygens (including phenoxy) is 1. The third-order valence-electron chi connectivity index (χ3n) is 2.45. The lowest BCUT2D eigenvalue weighted by Crippen LogP contribution is -2.14. The molecule has 0 saturated carbocycles. The number of hydrogen-bond donors (Lipinski definition) is 0. The number of halogens is 3. The van der Waals surface area contributed by atoms with Crippen molar-refractivity contribution in [1.82, 2.24) is 0 Å². The van der Waals surface area contributed by atoms with E-state index in [2.05, 4.69) is 0 Å². The van der Waals surface area contributed by atoms with Crippen molar-refractivity contribution in [3.63, 3.8) is 0 Å². The largest absolute Gasteiger partial charge is 0.462 e. The van der Waals surface area contributed by atoms with Gasteiger partial charge in [0.25, 0.3) is 0 Å². The van der Waals surface area contributed by atoms with Crippen LogP contribution in [0.4, 0.5) is 13.2 Å². The maximum atomic E-state index is 13.2. The molecule has 0 aliphatic carbocycles. The van der Waals surface area contributed by atoms with E-state index in [0.717, 1.165) is 12.5 Å². The molecule has 17 heavy (non-hydrogen) atoms. The quantitative estimate of drug-likeness (QED) is 0.601. The van der Waals surface area contributed by atoms with Crippen molar-refractivity contribution in [2.75, 3.05) is 6.61 Å². The van der Waals surface area contributed by atoms with Gasteiger partial charge >= 0.3 is 5.97 Å². The second-order valence-corrected chi connectivity index (χ2v) is 3.83. The Morgan fingerprint density at radius 1 is 1.29 bits per heavy atom. The SMILES string of the molecule is CCC(C)COC(=O)c1ccc(F)c(F)c1F. The van der Waals surface area contributed by atoms with Crippen LogP contribution < -0.4 is 0 Å². The zero-order chi connectivity index (χ0) is 13.0. The molecule has 0 heterocycles. The number of carbonyl (C=O) groups excluding carboxylic acids is 1. The highest BCUT2D eigenvalue weighted by atomic mass is 19.2. The molecule has 0 amide bonds. The third kappa shape index (κ3) is 3.22. The van der Waals surface area contributed by atoms with Crippen LogP contribution in [0.1, 0.15) is 30.6 Å². The highest BCUT2D eigenvalue weighted by Gasteiger charge is 2.20. The molecule has 0 radical (unpaired) electrons. The molecule has 2 nitrogen and oxygen atoms in total. The minimum absolute atomic E-state index is 0.119. The number of rotatable bonds is 4. The van der Waals surface area contributed by atoms with E-state index in [9.17, 15) is 18.0 Å². The lowest BCUT2D eigenvalue weighted by molar-refractivity contribution is 0.0440. The highest BCUT2D eigenvalue weighted by Crippen LogP contribution is 2.16. The predicted octanol–water partition coefficient (Wildman–Crippen LogP) is 3.31. The molecule has 1 rings (SSSR count). The Bertz CT molecular complexity index is 418. The Morgan fingerprint density at radius 3 is 2.53 bits per heavy atom. The van der Waals surface area contributed by atoms with E-state index in [-0.39, 0.29) is 12.5 Å². The second-order valence-electron chi connectivity index (χ2n) is 3.83. The number of benzene rings is 1. The van der Waals surface area contributed by atoms with Crippen molar-refractivity contribution in [3.05, 3.63) is 35.1 Å². The average Bonchev–Trinajstić information content (AvgIpc) is 2.32. The van der Waals surface area contributed by atoms with Crippen LogP contribution in [0.3, 0.4) is 0 Å². The predicted molar refractivity (Wildman–Crippen MR) is 56.1 cm³/mol. The Labute approximate surface area is 97.4 Å². The van der Waals surface area contributed by atoms with Crippen LogP contribution in [0, 0.1) is 23.4 Å². The van der Waals surface area contributed by atoms with Gasteiger partial charge in [-0.1, -0.05) is 20.3 Å². The van der Waals surface area contributed by atoms with Gasteiger partial charge in [0, 0.05) is 0 Å². The van der Waals surface area contributed by atoms with Crippen molar-refractivity contribution in [3.8, 4) is 0 Å². The van der Waals surface area contributed by atoms with Crippen molar-refractivity contribution in [2.45, 2.75) is 20.3 Å². The summed E-state index contributed by atoms with van der Waals surface area (Å²) < 4.78 is 43.5. The van der Waals surface area contributed by atoms with Crippen LogP contribution in [0.2, 0.25) is 0 Å². The lowest BCUT2D eigenvalue weighted by Gasteiger charge is -2.10. The van der Waals surface area contributed by atoms with Gasteiger partial charge in [0.15, 0.2) is 17.5 Å². The van der Waals surface area contributed by atoms with Gasteiger partial charge in [0.05, 0.1) is 12.2 Å². The number of hydrogen-bond acceptors (Lipinski definition) is 2. The monoisotopic (exact) mass is 246 g/mol. The fraction of sp³-hybridized carbons (Fsp3) is 0.417. The molecule has 0 aliphatic rings. The maximum Gasteiger partial charge on any atom is 0.341 e. The second kappa shape index (κ2) is 5.70. The van der Waals surface area contributed by atoms with E-state index in [4.69, 9.17) is 4.74 Å². The number of esters is 1. The molecule has 1 atom stereocenters. The standard InChI is InChI=1S/C12H13F3O2/c1-3-7(2)6-17-12(16)8-4-5-9(13)11(15)10(8)14/h4-5,7H,3,6H2,1-2H3. The minimum Gasteiger partial charge on any atom is -0.462 e. The molecule has 0 bridgehead atoms. The lowest BCUT2D eigenvalue weighted by atomic mass is 10.1. The third-order valence-corrected chi connectivity index (χ3v) is 2.45. The van der Waals surface area contributed by atoms with E-state index in [0.29, 0.717) is 6.07 Å². The van der Waals surface area contributed by atoms with Crippen molar-refractivity contribution in [2.24, 2.45) is 5.92 Å². The molecule has 0 aromatic heterocycles. The Kier molecular flexibility index (Phi) is 4.54. The highest BCUT2D eigenvalue weighted by molar-refractivity contribution is 5.89. The fourth-order valence-corrected chi connectivity index (χ4v) is 1.10. The fourth-order valence-electron chi connectivity index (χ4n) is 1.10. The van der Waals surface area contributed by atoms with Gasteiger partial charge < -0.3 is 4.74 Å². The van der Waals surface area contributed by atoms with E-state index >= 15 is 0 Å². The van der Waals surface area contributed by atoms with Gasteiger partial charge in [0.1, 0.15) is 0 Å². The van der Waals surface area contributed by atoms with Gasteiger partial charge in [-0.15, -0.1) is 0 Å². The molecule has 0 aliphatic heterocycles. The zero-order valence-corrected chi connectivity index (χ0v) is 9.60. The van der Waals surface area contributed by atoms with Crippen LogP contribution in [-0.4, -0.2) is 12.6 Å². The van der Waals surface area contributed by atoms with Gasteiger partial charge in [-0.25, -0.2) is 18.0 Å². The molecule has 0 N–H and O–H groups in total. The molecule has 0 fully saturated rings. The van der Waals surface area contributed by atoms with Gasteiger partial charge in [0.2, 0.25) is 0 Å². The van der Waals surface area contributed by atoms with Crippen LogP contribution >= 0.6 is 0 Å². The van der Waals surface area contributed by atoms with Crippen LogP contribution in [0.25, 0.3) is 0 Å². The van der Waals surface area contributed by atoms with E-state index in [1.54, 1.807) is 0 Å². The number of carbonyl (C=O) groups is 1. The molecular formula is C12H13F3O2. The summed E-state index contributed by atoms with van der Waals surface area (Å²) in [5.41, 5.74) is -0.591. The summed E-state index contributed by atoms with van der Waals surface area (Å²) in [5.74, 6) is -5.36. The van der Waals surface area contributed by atoms with E-state index in [1.807, 2.05) is 13.8 Å². The summed E-state index contributed by atoms with van der Waals surface area (Å²) in [5, 5.41) is 0. The van der Waals surface area contributed by atoms with Gasteiger partial charge in [-0.05, 0) is 18.1 Å². The van der Waals surface area contributed by atoms with Crippen molar-refractivity contribution < 1.29 is 22.7 Å². The molecule has 1 aromatic carbocycles. The summed E-state index contributed by atoms with van der Waals surface area (Å²) in [6.45, 7) is 3.89. The van der Waals surface area contributed by atoms with Crippen LogP contribution in [0.15, 0.2) is 12.1 Å². The van der Waals surface area contributed by atoms with Gasteiger partial charge in [-0.2, -0.15) is 0 Å². The van der Waals surface area contributed by atoms with E-state index < -0.39 is 29.0 Å².